The Kier molecular flexibility index (Phi) is 7.41. The van der Waals surface area contributed by atoms with Gasteiger partial charge < -0.3 is 14.3 Å². The number of carbonyl (C=O) groups is 1. The molecule has 0 amide bonds. The summed E-state index contributed by atoms with van der Waals surface area (Å²) in [4.78, 5) is 17.0. The molecule has 0 bridgehead atoms. The van der Waals surface area contributed by atoms with Crippen LogP contribution in [0.4, 0.5) is 0 Å². The van der Waals surface area contributed by atoms with E-state index in [4.69, 9.17) is 14.3 Å². The molecule has 0 radical (unpaired) electrons. The second-order valence-electron chi connectivity index (χ2n) is 6.31. The molecule has 0 aliphatic carbocycles. The van der Waals surface area contributed by atoms with Gasteiger partial charge in [-0.15, -0.1) is 0 Å². The number of methoxy groups -OCH3 is 1. The third kappa shape index (κ3) is 6.50. The van der Waals surface area contributed by atoms with Crippen LogP contribution in [0.2, 0.25) is 0 Å². The zero-order chi connectivity index (χ0) is 20.3. The van der Waals surface area contributed by atoms with E-state index < -0.39 is 0 Å². The van der Waals surface area contributed by atoms with Crippen LogP contribution >= 0.6 is 0 Å². The third-order valence-electron chi connectivity index (χ3n) is 4.21. The van der Waals surface area contributed by atoms with E-state index in [-0.39, 0.29) is 12.4 Å². The molecule has 3 rings (SSSR count). The van der Waals surface area contributed by atoms with Crippen molar-refractivity contribution >= 4 is 11.7 Å². The minimum Gasteiger partial charge on any atom is -0.469 e. The minimum absolute atomic E-state index is 0.249. The fourth-order valence-electron chi connectivity index (χ4n) is 2.66. The molecule has 0 aliphatic rings. The Bertz CT molecular complexity index is 922. The Morgan fingerprint density at radius 1 is 0.793 bits per heavy atom. The van der Waals surface area contributed by atoms with Crippen molar-refractivity contribution in [2.45, 2.75) is 19.4 Å². The van der Waals surface area contributed by atoms with Gasteiger partial charge in [-0.1, -0.05) is 65.8 Å². The molecule has 0 fully saturated rings. The Hall–Kier alpha value is -3.60. The van der Waals surface area contributed by atoms with E-state index in [1.165, 1.54) is 7.11 Å². The monoisotopic (exact) mass is 389 g/mol. The molecule has 0 N–H and O–H groups in total. The molecule has 0 aliphatic heterocycles. The number of hydrogen-bond donors (Lipinski definition) is 0. The molecule has 0 heterocycles. The standard InChI is InChI=1S/C24H23NO4/c1-27-24(26)17-16-23(20-8-4-2-5-9-20)25-28-18-19-12-14-22(15-13-19)29-21-10-6-3-7-11-21/h2-15H,16-18H2,1H3/b25-23+. The van der Waals surface area contributed by atoms with E-state index in [0.29, 0.717) is 18.7 Å². The van der Waals surface area contributed by atoms with Crippen molar-refractivity contribution in [2.24, 2.45) is 5.16 Å². The van der Waals surface area contributed by atoms with Crippen molar-refractivity contribution in [2.75, 3.05) is 7.11 Å². The van der Waals surface area contributed by atoms with Gasteiger partial charge >= 0.3 is 5.97 Å². The highest BCUT2D eigenvalue weighted by molar-refractivity contribution is 6.01. The highest BCUT2D eigenvalue weighted by atomic mass is 16.6. The number of carbonyl (C=O) groups excluding carboxylic acids is 1. The molecular weight excluding hydrogens is 366 g/mol. The van der Waals surface area contributed by atoms with Crippen molar-refractivity contribution in [3.63, 3.8) is 0 Å². The lowest BCUT2D eigenvalue weighted by atomic mass is 10.1. The number of hydrogen-bond acceptors (Lipinski definition) is 5. The van der Waals surface area contributed by atoms with E-state index in [1.807, 2.05) is 84.9 Å². The van der Waals surface area contributed by atoms with E-state index in [1.54, 1.807) is 0 Å². The molecule has 0 unspecified atom stereocenters. The molecule has 0 saturated heterocycles. The van der Waals surface area contributed by atoms with Gasteiger partial charge in [-0.05, 0) is 35.4 Å². The summed E-state index contributed by atoms with van der Waals surface area (Å²) >= 11 is 0. The van der Waals surface area contributed by atoms with E-state index >= 15 is 0 Å². The number of nitrogens with zero attached hydrogens (tertiary/aromatic N) is 1. The second kappa shape index (κ2) is 10.7. The summed E-state index contributed by atoms with van der Waals surface area (Å²) in [7, 11) is 1.38. The maximum Gasteiger partial charge on any atom is 0.305 e. The maximum absolute atomic E-state index is 11.5. The van der Waals surface area contributed by atoms with Crippen molar-refractivity contribution in [3.8, 4) is 11.5 Å². The molecule has 3 aromatic carbocycles. The third-order valence-corrected chi connectivity index (χ3v) is 4.21. The second-order valence-corrected chi connectivity index (χ2v) is 6.31. The van der Waals surface area contributed by atoms with Crippen LogP contribution in [0, 0.1) is 0 Å². The van der Waals surface area contributed by atoms with Crippen molar-refractivity contribution < 1.29 is 19.1 Å². The summed E-state index contributed by atoms with van der Waals surface area (Å²) in [5.74, 6) is 1.27. The van der Waals surface area contributed by atoms with Gasteiger partial charge in [-0.25, -0.2) is 0 Å². The summed E-state index contributed by atoms with van der Waals surface area (Å²) in [5.41, 5.74) is 2.59. The lowest BCUT2D eigenvalue weighted by Crippen LogP contribution is -2.08. The number of ether oxygens (including phenoxy) is 2. The van der Waals surface area contributed by atoms with Gasteiger partial charge in [0.15, 0.2) is 0 Å². The molecule has 0 aromatic heterocycles. The van der Waals surface area contributed by atoms with Crippen LogP contribution < -0.4 is 4.74 Å². The normalized spacial score (nSPS) is 11.0. The van der Waals surface area contributed by atoms with Crippen molar-refractivity contribution in [1.82, 2.24) is 0 Å². The molecule has 0 atom stereocenters. The molecule has 29 heavy (non-hydrogen) atoms. The topological polar surface area (TPSA) is 57.1 Å². The summed E-state index contributed by atoms with van der Waals surface area (Å²) in [6.07, 6.45) is 0.694. The number of benzene rings is 3. The summed E-state index contributed by atoms with van der Waals surface area (Å²) in [5, 5.41) is 4.26. The van der Waals surface area contributed by atoms with Gasteiger partial charge in [0.1, 0.15) is 18.1 Å². The highest BCUT2D eigenvalue weighted by Crippen LogP contribution is 2.21. The van der Waals surface area contributed by atoms with E-state index in [9.17, 15) is 4.79 Å². The van der Waals surface area contributed by atoms with Gasteiger partial charge in [0.2, 0.25) is 0 Å². The summed E-state index contributed by atoms with van der Waals surface area (Å²) in [6, 6.07) is 26.9. The SMILES string of the molecule is COC(=O)CC/C(=N\OCc1ccc(Oc2ccccc2)cc1)c1ccccc1. The number of oxime groups is 1. The molecule has 0 spiro atoms. The highest BCUT2D eigenvalue weighted by Gasteiger charge is 2.09. The minimum atomic E-state index is -0.275. The Labute approximate surface area is 170 Å². The number of esters is 1. The number of para-hydroxylation sites is 1. The van der Waals surface area contributed by atoms with Crippen molar-refractivity contribution in [3.05, 3.63) is 96.1 Å². The van der Waals surface area contributed by atoms with E-state index in [2.05, 4.69) is 5.16 Å². The van der Waals surface area contributed by atoms with Gasteiger partial charge in [0.05, 0.1) is 19.2 Å². The predicted molar refractivity (Wildman–Crippen MR) is 112 cm³/mol. The number of rotatable bonds is 9. The van der Waals surface area contributed by atoms with Crippen LogP contribution in [0.1, 0.15) is 24.0 Å². The molecular formula is C24H23NO4. The smallest absolute Gasteiger partial charge is 0.305 e. The zero-order valence-electron chi connectivity index (χ0n) is 16.3. The van der Waals surface area contributed by atoms with Crippen molar-refractivity contribution in [1.29, 1.82) is 0 Å². The average molecular weight is 389 g/mol. The predicted octanol–water partition coefficient (Wildman–Crippen LogP) is 5.35. The van der Waals surface area contributed by atoms with Crippen LogP contribution in [0.25, 0.3) is 0 Å². The van der Waals surface area contributed by atoms with Crippen LogP contribution in [0.5, 0.6) is 11.5 Å². The molecule has 0 saturated carbocycles. The van der Waals surface area contributed by atoms with Crippen LogP contribution in [0.15, 0.2) is 90.1 Å². The van der Waals surface area contributed by atoms with Gasteiger partial charge in [0, 0.05) is 6.42 Å². The maximum atomic E-state index is 11.5. The van der Waals surface area contributed by atoms with Gasteiger partial charge in [-0.3, -0.25) is 4.79 Å². The first-order chi connectivity index (χ1) is 14.2. The lowest BCUT2D eigenvalue weighted by Gasteiger charge is -2.08. The molecule has 5 heteroatoms. The van der Waals surface area contributed by atoms with Crippen LogP contribution in [-0.4, -0.2) is 18.8 Å². The Balaban J connectivity index is 1.60. The molecule has 5 nitrogen and oxygen atoms in total. The summed E-state index contributed by atoms with van der Waals surface area (Å²) < 4.78 is 10.5. The quantitative estimate of drug-likeness (QED) is 0.281. The molecule has 148 valence electrons. The largest absolute Gasteiger partial charge is 0.469 e. The molecule has 3 aromatic rings. The lowest BCUT2D eigenvalue weighted by molar-refractivity contribution is -0.140. The zero-order valence-corrected chi connectivity index (χ0v) is 16.3. The van der Waals surface area contributed by atoms with Crippen LogP contribution in [0.3, 0.4) is 0 Å². The van der Waals surface area contributed by atoms with Crippen LogP contribution in [-0.2, 0) is 21.0 Å². The first-order valence-electron chi connectivity index (χ1n) is 9.37. The van der Waals surface area contributed by atoms with E-state index in [0.717, 1.165) is 22.6 Å². The first kappa shape index (κ1) is 20.1. The Morgan fingerprint density at radius 3 is 2.07 bits per heavy atom. The average Bonchev–Trinajstić information content (AvgIpc) is 2.78. The fraction of sp³-hybridized carbons (Fsp3) is 0.167. The fourth-order valence-corrected chi connectivity index (χ4v) is 2.66. The van der Waals surface area contributed by atoms with Gasteiger partial charge in [-0.2, -0.15) is 0 Å². The Morgan fingerprint density at radius 2 is 1.41 bits per heavy atom. The first-order valence-corrected chi connectivity index (χ1v) is 9.37. The summed E-state index contributed by atoms with van der Waals surface area (Å²) in [6.45, 7) is 0.320. The van der Waals surface area contributed by atoms with Gasteiger partial charge in [0.25, 0.3) is 0 Å².